The van der Waals surface area contributed by atoms with E-state index in [0.29, 0.717) is 19.1 Å². The van der Waals surface area contributed by atoms with Gasteiger partial charge in [0, 0.05) is 30.2 Å². The highest BCUT2D eigenvalue weighted by atomic mass is 79.9. The number of hydrogen-bond acceptors (Lipinski definition) is 5. The molecular weight excluding hydrogens is 376 g/mol. The summed E-state index contributed by atoms with van der Waals surface area (Å²) in [5, 5.41) is 5.52. The molecule has 0 radical (unpaired) electrons. The second kappa shape index (κ2) is 6.20. The monoisotopic (exact) mass is 396 g/mol. The molecule has 1 saturated heterocycles. The molecule has 2 aliphatic rings. The lowest BCUT2D eigenvalue weighted by Crippen LogP contribution is -2.45. The van der Waals surface area contributed by atoms with Crippen LogP contribution in [-0.2, 0) is 9.47 Å². The molecule has 2 heterocycles. The number of hydrogen-bond donors (Lipinski definition) is 0. The maximum absolute atomic E-state index is 6.11. The summed E-state index contributed by atoms with van der Waals surface area (Å²) in [4.78, 5) is 7.68. The summed E-state index contributed by atoms with van der Waals surface area (Å²) in [7, 11) is 1.64. The summed E-state index contributed by atoms with van der Waals surface area (Å²) in [5.41, 5.74) is 0.845. The molecule has 0 unspecified atom stereocenters. The molecule has 0 amide bonds. The van der Waals surface area contributed by atoms with E-state index in [4.69, 9.17) is 19.0 Å². The van der Waals surface area contributed by atoms with Gasteiger partial charge in [0.1, 0.15) is 11.9 Å². The molecule has 0 N–H and O–H groups in total. The van der Waals surface area contributed by atoms with Crippen molar-refractivity contribution in [1.29, 1.82) is 0 Å². The predicted octanol–water partition coefficient (Wildman–Crippen LogP) is 3.17. The van der Waals surface area contributed by atoms with Crippen molar-refractivity contribution in [2.75, 3.05) is 20.3 Å². The van der Waals surface area contributed by atoms with Crippen molar-refractivity contribution in [2.24, 2.45) is 5.92 Å². The molecule has 24 heavy (non-hydrogen) atoms. The Hall–Kier alpha value is -1.31. The van der Waals surface area contributed by atoms with E-state index in [1.807, 2.05) is 18.3 Å². The van der Waals surface area contributed by atoms with Crippen molar-refractivity contribution in [3.05, 3.63) is 22.8 Å². The van der Waals surface area contributed by atoms with Crippen LogP contribution >= 0.6 is 15.9 Å². The lowest BCUT2D eigenvalue weighted by molar-refractivity contribution is -0.206. The fourth-order valence-corrected chi connectivity index (χ4v) is 4.16. The number of benzene rings is 1. The van der Waals surface area contributed by atoms with E-state index in [1.54, 1.807) is 12.0 Å². The number of fused-ring (bicyclic) bond motifs is 1. The Morgan fingerprint density at radius 3 is 2.83 bits per heavy atom. The minimum Gasteiger partial charge on any atom is -0.495 e. The SMILES string of the molecule is COc1cc2nn(O[C@H]3CCC4(C[C@@H]3C)OCCO4)cc2cc1Br. The normalized spacial score (nSPS) is 26.1. The van der Waals surface area contributed by atoms with Gasteiger partial charge < -0.3 is 19.0 Å². The van der Waals surface area contributed by atoms with Crippen molar-refractivity contribution >= 4 is 26.8 Å². The standard InChI is InChI=1S/C17H21BrN2O4/c1-11-9-17(22-5-6-23-17)4-3-15(11)24-20-10-12-7-13(18)16(21-2)8-14(12)19-20/h7-8,10-11,15H,3-6,9H2,1-2H3/t11-,15-/m0/s1. The summed E-state index contributed by atoms with van der Waals surface area (Å²) in [6, 6.07) is 3.89. The molecule has 1 aliphatic carbocycles. The van der Waals surface area contributed by atoms with Crippen LogP contribution in [0.5, 0.6) is 5.75 Å². The summed E-state index contributed by atoms with van der Waals surface area (Å²) < 4.78 is 17.9. The molecule has 2 atom stereocenters. The van der Waals surface area contributed by atoms with E-state index in [-0.39, 0.29) is 11.9 Å². The number of rotatable bonds is 3. The van der Waals surface area contributed by atoms with Crippen LogP contribution in [0, 0.1) is 5.92 Å². The van der Waals surface area contributed by atoms with Crippen LogP contribution in [0.2, 0.25) is 0 Å². The first kappa shape index (κ1) is 16.2. The van der Waals surface area contributed by atoms with Crippen molar-refractivity contribution in [2.45, 2.75) is 38.1 Å². The van der Waals surface area contributed by atoms with Gasteiger partial charge in [-0.2, -0.15) is 0 Å². The molecule has 0 bridgehead atoms. The zero-order chi connectivity index (χ0) is 16.7. The highest BCUT2D eigenvalue weighted by Gasteiger charge is 2.44. The molecule has 2 fully saturated rings. The average molecular weight is 397 g/mol. The Bertz CT molecular complexity index is 742. The van der Waals surface area contributed by atoms with Gasteiger partial charge in [0.25, 0.3) is 0 Å². The molecule has 1 spiro atoms. The highest BCUT2D eigenvalue weighted by Crippen LogP contribution is 2.39. The third-order valence-electron chi connectivity index (χ3n) is 4.89. The van der Waals surface area contributed by atoms with Crippen LogP contribution in [0.1, 0.15) is 26.2 Å². The Labute approximate surface area is 149 Å². The molecule has 7 heteroatoms. The Balaban J connectivity index is 1.50. The Morgan fingerprint density at radius 2 is 2.12 bits per heavy atom. The molecule has 1 aromatic carbocycles. The molecule has 1 aliphatic heterocycles. The predicted molar refractivity (Wildman–Crippen MR) is 92.0 cm³/mol. The first-order chi connectivity index (χ1) is 11.6. The van der Waals surface area contributed by atoms with Crippen molar-refractivity contribution in [3.63, 3.8) is 0 Å². The van der Waals surface area contributed by atoms with E-state index in [9.17, 15) is 0 Å². The van der Waals surface area contributed by atoms with Crippen LogP contribution in [-0.4, -0.2) is 42.2 Å². The van der Waals surface area contributed by atoms with Crippen LogP contribution in [0.15, 0.2) is 22.8 Å². The Morgan fingerprint density at radius 1 is 1.33 bits per heavy atom. The van der Waals surface area contributed by atoms with Gasteiger partial charge >= 0.3 is 0 Å². The first-order valence-electron chi connectivity index (χ1n) is 8.26. The van der Waals surface area contributed by atoms with E-state index in [0.717, 1.165) is 40.4 Å². The molecule has 2 aromatic rings. The largest absolute Gasteiger partial charge is 0.495 e. The van der Waals surface area contributed by atoms with Gasteiger partial charge in [-0.1, -0.05) is 6.92 Å². The molecular formula is C17H21BrN2O4. The fraction of sp³-hybridized carbons (Fsp3) is 0.588. The van der Waals surface area contributed by atoms with Crippen molar-refractivity contribution in [3.8, 4) is 5.75 Å². The second-order valence-corrected chi connectivity index (χ2v) is 7.40. The van der Waals surface area contributed by atoms with Crippen LogP contribution in [0.3, 0.4) is 0 Å². The Kier molecular flexibility index (Phi) is 4.18. The van der Waals surface area contributed by atoms with Crippen LogP contribution in [0.25, 0.3) is 10.9 Å². The van der Waals surface area contributed by atoms with Crippen LogP contribution in [0.4, 0.5) is 0 Å². The zero-order valence-corrected chi connectivity index (χ0v) is 15.4. The number of ether oxygens (including phenoxy) is 3. The summed E-state index contributed by atoms with van der Waals surface area (Å²) in [5.74, 6) is 0.716. The molecule has 1 aromatic heterocycles. The summed E-state index contributed by atoms with van der Waals surface area (Å²) in [6.07, 6.45) is 4.62. The fourth-order valence-electron chi connectivity index (χ4n) is 3.64. The van der Waals surface area contributed by atoms with E-state index in [1.165, 1.54) is 0 Å². The van der Waals surface area contributed by atoms with E-state index >= 15 is 0 Å². The minimum atomic E-state index is -0.383. The third-order valence-corrected chi connectivity index (χ3v) is 5.51. The van der Waals surface area contributed by atoms with Gasteiger partial charge in [0.05, 0.1) is 36.5 Å². The number of methoxy groups -OCH3 is 1. The third kappa shape index (κ3) is 2.89. The summed E-state index contributed by atoms with van der Waals surface area (Å²) >= 11 is 3.50. The number of nitrogens with zero attached hydrogens (tertiary/aromatic N) is 2. The molecule has 130 valence electrons. The lowest BCUT2D eigenvalue weighted by atomic mass is 9.83. The topological polar surface area (TPSA) is 54.7 Å². The zero-order valence-electron chi connectivity index (χ0n) is 13.8. The van der Waals surface area contributed by atoms with Gasteiger partial charge in [-0.05, 0) is 28.4 Å². The number of halogens is 1. The van der Waals surface area contributed by atoms with Gasteiger partial charge in [-0.15, -0.1) is 9.94 Å². The highest BCUT2D eigenvalue weighted by molar-refractivity contribution is 9.10. The molecule has 6 nitrogen and oxygen atoms in total. The molecule has 4 rings (SSSR count). The maximum atomic E-state index is 6.11. The van der Waals surface area contributed by atoms with Crippen molar-refractivity contribution in [1.82, 2.24) is 9.94 Å². The second-order valence-electron chi connectivity index (χ2n) is 6.55. The van der Waals surface area contributed by atoms with E-state index < -0.39 is 0 Å². The quantitative estimate of drug-likeness (QED) is 0.797. The van der Waals surface area contributed by atoms with Gasteiger partial charge in [0.15, 0.2) is 5.79 Å². The van der Waals surface area contributed by atoms with E-state index in [2.05, 4.69) is 28.0 Å². The van der Waals surface area contributed by atoms with Gasteiger partial charge in [-0.3, -0.25) is 0 Å². The molecule has 1 saturated carbocycles. The average Bonchev–Trinajstić information content (AvgIpc) is 3.16. The maximum Gasteiger partial charge on any atom is 0.169 e. The summed E-state index contributed by atoms with van der Waals surface area (Å²) in [6.45, 7) is 3.57. The first-order valence-corrected chi connectivity index (χ1v) is 9.06. The van der Waals surface area contributed by atoms with Crippen LogP contribution < -0.4 is 9.57 Å². The van der Waals surface area contributed by atoms with Gasteiger partial charge in [0.2, 0.25) is 0 Å². The van der Waals surface area contributed by atoms with Crippen molar-refractivity contribution < 1.29 is 19.0 Å². The smallest absolute Gasteiger partial charge is 0.169 e. The van der Waals surface area contributed by atoms with Gasteiger partial charge in [-0.25, -0.2) is 0 Å². The number of aromatic nitrogens is 2. The minimum absolute atomic E-state index is 0.100. The lowest BCUT2D eigenvalue weighted by Gasteiger charge is -2.38.